The van der Waals surface area contributed by atoms with Gasteiger partial charge in [0.25, 0.3) is 0 Å². The number of rotatable bonds is 3. The van der Waals surface area contributed by atoms with Crippen LogP contribution in [0.3, 0.4) is 0 Å². The van der Waals surface area contributed by atoms with Crippen molar-refractivity contribution < 1.29 is 9.59 Å². The van der Waals surface area contributed by atoms with E-state index < -0.39 is 0 Å². The highest BCUT2D eigenvalue weighted by Gasteiger charge is 2.37. The molecule has 0 bridgehead atoms. The number of carbonyl (C=O) groups is 2. The molecule has 0 saturated carbocycles. The molecule has 18 heavy (non-hydrogen) atoms. The highest BCUT2D eigenvalue weighted by molar-refractivity contribution is 5.84. The first kappa shape index (κ1) is 13.5. The van der Waals surface area contributed by atoms with Crippen LogP contribution in [0, 0.1) is 0 Å². The summed E-state index contributed by atoms with van der Waals surface area (Å²) in [6.45, 7) is 3.49. The van der Waals surface area contributed by atoms with Crippen molar-refractivity contribution in [1.82, 2.24) is 9.80 Å². The second-order valence-electron chi connectivity index (χ2n) is 5.71. The molecule has 2 atom stereocenters. The van der Waals surface area contributed by atoms with E-state index >= 15 is 0 Å². The molecule has 102 valence electrons. The van der Waals surface area contributed by atoms with Gasteiger partial charge in [0.2, 0.25) is 5.91 Å². The van der Waals surface area contributed by atoms with Crippen molar-refractivity contribution in [2.75, 3.05) is 20.1 Å². The number of Topliss-reactive ketones (excluding diaryl/α,β-unsaturated/α-hetero) is 1. The zero-order chi connectivity index (χ0) is 13.1. The molecule has 0 N–H and O–H groups in total. The molecule has 1 amide bonds. The summed E-state index contributed by atoms with van der Waals surface area (Å²) in [7, 11) is 1.88. The number of ketones is 1. The van der Waals surface area contributed by atoms with Crippen LogP contribution in [0.15, 0.2) is 0 Å². The molecular weight excluding hydrogens is 228 g/mol. The standard InChI is InChI=1S/C14H24N2O2/c1-11(17)10-12-6-4-3-5-8-16(12)13-7-9-15(2)14(13)18/h12-13H,3-10H2,1-2H3. The Kier molecular flexibility index (Phi) is 4.38. The summed E-state index contributed by atoms with van der Waals surface area (Å²) in [4.78, 5) is 27.7. The van der Waals surface area contributed by atoms with E-state index in [0.29, 0.717) is 6.42 Å². The van der Waals surface area contributed by atoms with Gasteiger partial charge in [0, 0.05) is 26.1 Å². The summed E-state index contributed by atoms with van der Waals surface area (Å²) < 4.78 is 0. The predicted octanol–water partition coefficient (Wildman–Crippen LogP) is 1.44. The molecule has 2 unspecified atom stereocenters. The van der Waals surface area contributed by atoms with Crippen LogP contribution < -0.4 is 0 Å². The van der Waals surface area contributed by atoms with E-state index in [4.69, 9.17) is 0 Å². The number of likely N-dealkylation sites (N-methyl/N-ethyl adjacent to an activating group) is 1. The Morgan fingerprint density at radius 2 is 2.00 bits per heavy atom. The third-order valence-electron chi connectivity index (χ3n) is 4.25. The van der Waals surface area contributed by atoms with Crippen LogP contribution in [0.1, 0.15) is 45.4 Å². The monoisotopic (exact) mass is 252 g/mol. The molecule has 0 aromatic rings. The van der Waals surface area contributed by atoms with Crippen molar-refractivity contribution in [2.45, 2.75) is 57.5 Å². The fourth-order valence-corrected chi connectivity index (χ4v) is 3.27. The van der Waals surface area contributed by atoms with Gasteiger partial charge in [-0.05, 0) is 32.7 Å². The van der Waals surface area contributed by atoms with Gasteiger partial charge in [0.1, 0.15) is 5.78 Å². The number of amides is 1. The summed E-state index contributed by atoms with van der Waals surface area (Å²) in [6.07, 6.45) is 6.15. The van der Waals surface area contributed by atoms with Crippen LogP contribution in [0.25, 0.3) is 0 Å². The maximum Gasteiger partial charge on any atom is 0.239 e. The SMILES string of the molecule is CC(=O)CC1CCCCCN1C1CCN(C)C1=O. The van der Waals surface area contributed by atoms with Crippen molar-refractivity contribution in [3.05, 3.63) is 0 Å². The Hall–Kier alpha value is -0.900. The number of nitrogens with zero attached hydrogens (tertiary/aromatic N) is 2. The van der Waals surface area contributed by atoms with Gasteiger partial charge in [-0.3, -0.25) is 14.5 Å². The van der Waals surface area contributed by atoms with E-state index in [1.165, 1.54) is 12.8 Å². The van der Waals surface area contributed by atoms with E-state index in [0.717, 1.165) is 32.4 Å². The Labute approximate surface area is 109 Å². The molecular formula is C14H24N2O2. The third kappa shape index (κ3) is 2.91. The fraction of sp³-hybridized carbons (Fsp3) is 0.857. The molecule has 0 spiro atoms. The van der Waals surface area contributed by atoms with Crippen molar-refractivity contribution in [2.24, 2.45) is 0 Å². The first-order chi connectivity index (χ1) is 8.59. The minimum Gasteiger partial charge on any atom is -0.344 e. The molecule has 2 heterocycles. The van der Waals surface area contributed by atoms with Gasteiger partial charge in [0.15, 0.2) is 0 Å². The van der Waals surface area contributed by atoms with Gasteiger partial charge >= 0.3 is 0 Å². The minimum atomic E-state index is 0.0254. The van der Waals surface area contributed by atoms with Crippen molar-refractivity contribution >= 4 is 11.7 Å². The topological polar surface area (TPSA) is 40.6 Å². The highest BCUT2D eigenvalue weighted by atomic mass is 16.2. The molecule has 2 fully saturated rings. The molecule has 2 rings (SSSR count). The average Bonchev–Trinajstić information content (AvgIpc) is 2.54. The fourth-order valence-electron chi connectivity index (χ4n) is 3.27. The number of likely N-dealkylation sites (tertiary alicyclic amines) is 2. The van der Waals surface area contributed by atoms with E-state index in [-0.39, 0.29) is 23.8 Å². The predicted molar refractivity (Wildman–Crippen MR) is 70.3 cm³/mol. The summed E-state index contributed by atoms with van der Waals surface area (Å²) in [5, 5.41) is 0. The lowest BCUT2D eigenvalue weighted by Crippen LogP contribution is -2.47. The number of hydrogen-bond acceptors (Lipinski definition) is 3. The first-order valence-corrected chi connectivity index (χ1v) is 7.09. The maximum atomic E-state index is 12.1. The largest absolute Gasteiger partial charge is 0.344 e. The van der Waals surface area contributed by atoms with Gasteiger partial charge in [-0.2, -0.15) is 0 Å². The van der Waals surface area contributed by atoms with Crippen LogP contribution >= 0.6 is 0 Å². The Morgan fingerprint density at radius 1 is 1.22 bits per heavy atom. The second-order valence-corrected chi connectivity index (χ2v) is 5.71. The lowest BCUT2D eigenvalue weighted by molar-refractivity contribution is -0.132. The quantitative estimate of drug-likeness (QED) is 0.763. The van der Waals surface area contributed by atoms with Crippen LogP contribution in [0.4, 0.5) is 0 Å². The van der Waals surface area contributed by atoms with Gasteiger partial charge in [0.05, 0.1) is 6.04 Å². The molecule has 0 aliphatic carbocycles. The third-order valence-corrected chi connectivity index (χ3v) is 4.25. The van der Waals surface area contributed by atoms with Crippen molar-refractivity contribution in [1.29, 1.82) is 0 Å². The summed E-state index contributed by atoms with van der Waals surface area (Å²) in [5.41, 5.74) is 0. The van der Waals surface area contributed by atoms with Crippen LogP contribution in [-0.2, 0) is 9.59 Å². The number of carbonyl (C=O) groups excluding carboxylic acids is 2. The maximum absolute atomic E-state index is 12.1. The van der Waals surface area contributed by atoms with Gasteiger partial charge in [-0.1, -0.05) is 12.8 Å². The summed E-state index contributed by atoms with van der Waals surface area (Å²) in [5.74, 6) is 0.483. The average molecular weight is 252 g/mol. The van der Waals surface area contributed by atoms with Gasteiger partial charge < -0.3 is 4.90 Å². The minimum absolute atomic E-state index is 0.0254. The smallest absolute Gasteiger partial charge is 0.239 e. The Bertz CT molecular complexity index is 330. The molecule has 4 nitrogen and oxygen atoms in total. The normalized spacial score (nSPS) is 30.6. The molecule has 2 aliphatic heterocycles. The highest BCUT2D eigenvalue weighted by Crippen LogP contribution is 2.26. The summed E-state index contributed by atoms with van der Waals surface area (Å²) >= 11 is 0. The lowest BCUT2D eigenvalue weighted by atomic mass is 10.0. The summed E-state index contributed by atoms with van der Waals surface area (Å²) in [6, 6.07) is 0.308. The first-order valence-electron chi connectivity index (χ1n) is 7.09. The van der Waals surface area contributed by atoms with Crippen molar-refractivity contribution in [3.63, 3.8) is 0 Å². The molecule has 0 aromatic carbocycles. The molecule has 2 aliphatic rings. The molecule has 0 aromatic heterocycles. The zero-order valence-corrected chi connectivity index (χ0v) is 11.5. The Balaban J connectivity index is 2.10. The van der Waals surface area contributed by atoms with E-state index in [2.05, 4.69) is 4.90 Å². The molecule has 2 saturated heterocycles. The molecule has 0 radical (unpaired) electrons. The van der Waals surface area contributed by atoms with Crippen LogP contribution in [-0.4, -0.2) is 53.7 Å². The second kappa shape index (κ2) is 5.83. The van der Waals surface area contributed by atoms with Gasteiger partial charge in [-0.25, -0.2) is 0 Å². The Morgan fingerprint density at radius 3 is 2.61 bits per heavy atom. The van der Waals surface area contributed by atoms with E-state index in [1.807, 2.05) is 11.9 Å². The van der Waals surface area contributed by atoms with E-state index in [1.54, 1.807) is 6.92 Å². The van der Waals surface area contributed by atoms with E-state index in [9.17, 15) is 9.59 Å². The molecule has 4 heteroatoms. The zero-order valence-electron chi connectivity index (χ0n) is 11.5. The van der Waals surface area contributed by atoms with Crippen LogP contribution in [0.5, 0.6) is 0 Å². The lowest BCUT2D eigenvalue weighted by Gasteiger charge is -2.33. The van der Waals surface area contributed by atoms with Gasteiger partial charge in [-0.15, -0.1) is 0 Å². The van der Waals surface area contributed by atoms with Crippen LogP contribution in [0.2, 0.25) is 0 Å². The van der Waals surface area contributed by atoms with Crippen molar-refractivity contribution in [3.8, 4) is 0 Å². The number of hydrogen-bond donors (Lipinski definition) is 0.